The lowest BCUT2D eigenvalue weighted by Gasteiger charge is -2.44. The number of rotatable bonds is 6. The maximum atomic E-state index is 16.6. The number of fused-ring (bicyclic) bond motifs is 2. The molecule has 8 nitrogen and oxygen atoms in total. The number of anilines is 1. The fourth-order valence-electron chi connectivity index (χ4n) is 6.31. The third-order valence-electron chi connectivity index (χ3n) is 8.34. The molecule has 3 heterocycles. The second kappa shape index (κ2) is 11.3. The zero-order valence-corrected chi connectivity index (χ0v) is 25.6. The topological polar surface area (TPSA) is 120 Å². The third kappa shape index (κ3) is 5.77. The summed E-state index contributed by atoms with van der Waals surface area (Å²) in [5, 5.41) is 2.25. The van der Waals surface area contributed by atoms with E-state index < -0.39 is 90.0 Å². The maximum Gasteiger partial charge on any atom is 0.417 e. The number of alkyl halides is 3. The van der Waals surface area contributed by atoms with Gasteiger partial charge >= 0.3 is 6.18 Å². The number of pyridine rings is 1. The first-order chi connectivity index (χ1) is 20.9. The molecule has 2 N–H and O–H groups in total. The van der Waals surface area contributed by atoms with Crippen molar-refractivity contribution in [2.45, 2.75) is 55.8 Å². The minimum Gasteiger partial charge on any atom is -0.346 e. The van der Waals surface area contributed by atoms with Crippen molar-refractivity contribution in [2.75, 3.05) is 15.8 Å². The molecule has 0 radical (unpaired) electrons. The number of hydrogen-bond donors (Lipinski definition) is 2. The normalized spacial score (nSPS) is 23.4. The summed E-state index contributed by atoms with van der Waals surface area (Å²) in [6.07, 6.45) is -4.48. The number of carbonyl (C=O) groups excluding carboxylic acids is 1. The van der Waals surface area contributed by atoms with E-state index in [0.717, 1.165) is 34.6 Å². The van der Waals surface area contributed by atoms with Gasteiger partial charge in [-0.2, -0.15) is 13.2 Å². The quantitative estimate of drug-likeness (QED) is 0.323. The molecule has 5 rings (SSSR count). The fraction of sp³-hybridized carbons (Fsp3) is 0.379. The molecular formula is C29H28F6N4O4S2. The van der Waals surface area contributed by atoms with Crippen LogP contribution in [0.4, 0.5) is 32.0 Å². The van der Waals surface area contributed by atoms with Crippen LogP contribution in [0.5, 0.6) is 0 Å². The Morgan fingerprint density at radius 2 is 1.73 bits per heavy atom. The molecule has 45 heavy (non-hydrogen) atoms. The van der Waals surface area contributed by atoms with E-state index in [0.29, 0.717) is 6.20 Å². The molecule has 0 saturated carbocycles. The average Bonchev–Trinajstić information content (AvgIpc) is 3.25. The summed E-state index contributed by atoms with van der Waals surface area (Å²) >= 11 is 0. The van der Waals surface area contributed by atoms with Gasteiger partial charge in [-0.3, -0.25) is 18.9 Å². The minimum absolute atomic E-state index is 0.0245. The largest absolute Gasteiger partial charge is 0.417 e. The summed E-state index contributed by atoms with van der Waals surface area (Å²) in [7, 11) is -7.46. The average molecular weight is 675 g/mol. The predicted octanol–water partition coefficient (Wildman–Crippen LogP) is 5.76. The van der Waals surface area contributed by atoms with E-state index in [-0.39, 0.29) is 46.6 Å². The molecule has 2 aliphatic rings. The number of benzene rings is 2. The number of aromatic nitrogens is 1. The standard InChI is InChI=1S/C29H28F6N4O4S2/c1-16(2)26-28(9-11-44(36,41)12-10-28)24-23(39(26)45(42,43)19-5-3-18(30)4-6-19)8-7-20(25(24)32)27(40)38-15-22-21(31)13-17(14-37-22)29(33,34)35/h3-8,13-14,16,26,36H,9-12,15H2,1-2H3,(H,38,40). The van der Waals surface area contributed by atoms with Crippen molar-refractivity contribution in [3.8, 4) is 0 Å². The Bertz CT molecular complexity index is 1870. The molecule has 1 atom stereocenters. The fourth-order valence-corrected chi connectivity index (χ4v) is 9.76. The van der Waals surface area contributed by atoms with Crippen LogP contribution >= 0.6 is 0 Å². The zero-order chi connectivity index (χ0) is 33.1. The summed E-state index contributed by atoms with van der Waals surface area (Å²) in [5.41, 5.74) is -3.87. The van der Waals surface area contributed by atoms with Gasteiger partial charge in [0.2, 0.25) is 0 Å². The molecule has 1 unspecified atom stereocenters. The first-order valence-corrected chi connectivity index (χ1v) is 17.1. The lowest BCUT2D eigenvalue weighted by atomic mass is 9.68. The Kier molecular flexibility index (Phi) is 8.22. The summed E-state index contributed by atoms with van der Waals surface area (Å²) in [6, 6.07) is 5.70. The van der Waals surface area contributed by atoms with Gasteiger partial charge in [0.25, 0.3) is 15.9 Å². The van der Waals surface area contributed by atoms with E-state index in [2.05, 4.69) is 10.3 Å². The highest BCUT2D eigenvalue weighted by Crippen LogP contribution is 2.56. The molecule has 2 aliphatic heterocycles. The Hall–Kier alpha value is -3.66. The van der Waals surface area contributed by atoms with Gasteiger partial charge in [0.15, 0.2) is 0 Å². The second-order valence-corrected chi connectivity index (χ2v) is 15.7. The number of hydrogen-bond acceptors (Lipinski definition) is 6. The van der Waals surface area contributed by atoms with Gasteiger partial charge < -0.3 is 5.32 Å². The predicted molar refractivity (Wildman–Crippen MR) is 153 cm³/mol. The molecule has 1 amide bonds. The number of carbonyl (C=O) groups is 1. The van der Waals surface area contributed by atoms with Crippen molar-refractivity contribution in [1.82, 2.24) is 10.3 Å². The molecule has 1 aromatic heterocycles. The molecule has 242 valence electrons. The van der Waals surface area contributed by atoms with Crippen LogP contribution in [0, 0.1) is 28.1 Å². The Morgan fingerprint density at radius 1 is 1.11 bits per heavy atom. The number of halogens is 6. The van der Waals surface area contributed by atoms with E-state index in [1.165, 1.54) is 6.07 Å². The molecule has 0 bridgehead atoms. The third-order valence-corrected chi connectivity index (χ3v) is 11.9. The highest BCUT2D eigenvalue weighted by Gasteiger charge is 2.58. The summed E-state index contributed by atoms with van der Waals surface area (Å²) in [6.45, 7) is 2.79. The molecular weight excluding hydrogens is 646 g/mol. The first-order valence-electron chi connectivity index (χ1n) is 13.8. The van der Waals surface area contributed by atoms with Crippen molar-refractivity contribution in [3.63, 3.8) is 0 Å². The van der Waals surface area contributed by atoms with Crippen LogP contribution in [0.2, 0.25) is 0 Å². The van der Waals surface area contributed by atoms with Crippen LogP contribution in [-0.2, 0) is 37.9 Å². The van der Waals surface area contributed by atoms with E-state index in [9.17, 15) is 39.4 Å². The first kappa shape index (κ1) is 32.7. The smallest absolute Gasteiger partial charge is 0.346 e. The number of sulfonamides is 1. The van der Waals surface area contributed by atoms with Crippen LogP contribution in [0.15, 0.2) is 53.6 Å². The Morgan fingerprint density at radius 3 is 2.29 bits per heavy atom. The van der Waals surface area contributed by atoms with Crippen LogP contribution in [0.3, 0.4) is 0 Å². The molecule has 1 saturated heterocycles. The monoisotopic (exact) mass is 674 g/mol. The number of nitrogens with zero attached hydrogens (tertiary/aromatic N) is 2. The van der Waals surface area contributed by atoms with E-state index in [1.54, 1.807) is 13.8 Å². The highest BCUT2D eigenvalue weighted by atomic mass is 32.2. The molecule has 3 aromatic rings. The number of nitrogens with one attached hydrogen (secondary N) is 2. The van der Waals surface area contributed by atoms with Gasteiger partial charge in [0.05, 0.1) is 40.0 Å². The lowest BCUT2D eigenvalue weighted by Crippen LogP contribution is -2.53. The molecule has 16 heteroatoms. The van der Waals surface area contributed by atoms with E-state index in [4.69, 9.17) is 4.78 Å². The van der Waals surface area contributed by atoms with Crippen molar-refractivity contribution in [1.29, 1.82) is 4.78 Å². The zero-order valence-electron chi connectivity index (χ0n) is 23.9. The van der Waals surface area contributed by atoms with Gasteiger partial charge in [-0.05, 0) is 61.2 Å². The van der Waals surface area contributed by atoms with Crippen molar-refractivity contribution in [2.24, 2.45) is 5.92 Å². The van der Waals surface area contributed by atoms with Crippen molar-refractivity contribution in [3.05, 3.63) is 88.5 Å². The van der Waals surface area contributed by atoms with Crippen LogP contribution in [0.25, 0.3) is 0 Å². The van der Waals surface area contributed by atoms with Crippen LogP contribution in [0.1, 0.15) is 53.9 Å². The van der Waals surface area contributed by atoms with Gasteiger partial charge in [-0.25, -0.2) is 25.8 Å². The molecule has 0 aliphatic carbocycles. The minimum atomic E-state index is -4.84. The Balaban J connectivity index is 1.59. The lowest BCUT2D eigenvalue weighted by molar-refractivity contribution is -0.138. The SMILES string of the molecule is CC(C)C1N(S(=O)(=O)c2ccc(F)cc2)c2ccc(C(=O)NCc3ncc(C(F)(F)F)cc3F)c(F)c2C12CCS(=N)(=O)CC2. The van der Waals surface area contributed by atoms with Gasteiger partial charge in [0, 0.05) is 38.4 Å². The van der Waals surface area contributed by atoms with E-state index in [1.807, 2.05) is 0 Å². The van der Waals surface area contributed by atoms with Gasteiger partial charge in [-0.1, -0.05) is 13.8 Å². The number of amides is 1. The van der Waals surface area contributed by atoms with Crippen LogP contribution < -0.4 is 9.62 Å². The molecule has 1 fully saturated rings. The van der Waals surface area contributed by atoms with Crippen LogP contribution in [-0.4, -0.2) is 41.1 Å². The summed E-state index contributed by atoms with van der Waals surface area (Å²) < 4.78 is 133. The molecule has 1 spiro atoms. The van der Waals surface area contributed by atoms with E-state index >= 15 is 4.39 Å². The highest BCUT2D eigenvalue weighted by molar-refractivity contribution is 7.93. The summed E-state index contributed by atoms with van der Waals surface area (Å²) in [5.74, 6) is -4.87. The second-order valence-electron chi connectivity index (χ2n) is 11.5. The van der Waals surface area contributed by atoms with Gasteiger partial charge in [0.1, 0.15) is 17.5 Å². The summed E-state index contributed by atoms with van der Waals surface area (Å²) in [4.78, 5) is 16.3. The van der Waals surface area contributed by atoms with Crippen molar-refractivity contribution >= 4 is 31.3 Å². The maximum absolute atomic E-state index is 16.6. The van der Waals surface area contributed by atoms with Gasteiger partial charge in [-0.15, -0.1) is 0 Å². The van der Waals surface area contributed by atoms with Crippen molar-refractivity contribution < 1.29 is 43.8 Å². The molecule has 2 aromatic carbocycles. The Labute approximate surface area is 255 Å².